The first-order valence-corrected chi connectivity index (χ1v) is 11.8. The van der Waals surface area contributed by atoms with E-state index in [-0.39, 0.29) is 28.5 Å². The van der Waals surface area contributed by atoms with Crippen LogP contribution in [0.1, 0.15) is 33.3 Å². The summed E-state index contributed by atoms with van der Waals surface area (Å²) >= 11 is 5.69. The largest absolute Gasteiger partial charge is 0.417 e. The zero-order valence-corrected chi connectivity index (χ0v) is 19.7. The molecule has 0 saturated carbocycles. The quantitative estimate of drug-likeness (QED) is 0.542. The van der Waals surface area contributed by atoms with E-state index in [9.17, 15) is 26.4 Å². The van der Waals surface area contributed by atoms with E-state index >= 15 is 0 Å². The van der Waals surface area contributed by atoms with Gasteiger partial charge in [-0.1, -0.05) is 57.5 Å². The van der Waals surface area contributed by atoms with E-state index in [0.717, 1.165) is 12.1 Å². The predicted octanol–water partition coefficient (Wildman–Crippen LogP) is 5.35. The third-order valence-corrected chi connectivity index (χ3v) is 7.04. The van der Waals surface area contributed by atoms with Crippen molar-refractivity contribution in [1.82, 2.24) is 5.32 Å². The molecule has 0 radical (unpaired) electrons. The van der Waals surface area contributed by atoms with Crippen molar-refractivity contribution in [3.05, 3.63) is 59.1 Å². The van der Waals surface area contributed by atoms with Gasteiger partial charge in [0.05, 0.1) is 21.2 Å². The highest BCUT2D eigenvalue weighted by atomic mass is 35.5. The summed E-state index contributed by atoms with van der Waals surface area (Å²) in [4.78, 5) is 12.7. The van der Waals surface area contributed by atoms with Gasteiger partial charge < -0.3 is 5.32 Å². The molecular weight excluding hydrogens is 465 g/mol. The van der Waals surface area contributed by atoms with Crippen LogP contribution in [0.15, 0.2) is 53.4 Å². The fraction of sp³-hybridized carbons (Fsp3) is 0.409. The maximum absolute atomic E-state index is 13.4. The van der Waals surface area contributed by atoms with E-state index in [4.69, 9.17) is 11.6 Å². The van der Waals surface area contributed by atoms with Crippen LogP contribution in [0, 0.1) is 11.8 Å². The Bertz CT molecular complexity index is 1030. The summed E-state index contributed by atoms with van der Waals surface area (Å²) in [6.45, 7) is 6.97. The van der Waals surface area contributed by atoms with Gasteiger partial charge in [-0.15, -0.1) is 0 Å². The molecular formula is C22H26ClF3N2O3S. The van der Waals surface area contributed by atoms with Crippen LogP contribution in [0.4, 0.5) is 18.9 Å². The summed E-state index contributed by atoms with van der Waals surface area (Å²) in [5, 5.41) is 2.24. The molecule has 10 heteroatoms. The second kappa shape index (κ2) is 10.1. The molecule has 0 aliphatic heterocycles. The molecule has 0 heterocycles. The number of hydrogen-bond acceptors (Lipinski definition) is 3. The lowest BCUT2D eigenvalue weighted by Gasteiger charge is -2.29. The molecule has 0 aliphatic rings. The van der Waals surface area contributed by atoms with Gasteiger partial charge in [-0.25, -0.2) is 8.42 Å². The lowest BCUT2D eigenvalue weighted by molar-refractivity contribution is -0.137. The molecule has 0 spiro atoms. The van der Waals surface area contributed by atoms with E-state index in [1.807, 2.05) is 27.7 Å². The molecule has 2 rings (SSSR count). The van der Waals surface area contributed by atoms with Crippen LogP contribution in [0.25, 0.3) is 0 Å². The second-order valence-electron chi connectivity index (χ2n) is 8.07. The van der Waals surface area contributed by atoms with Gasteiger partial charge in [-0.3, -0.25) is 9.10 Å². The standard InChI is InChI=1S/C22H26ClF3N2O3S/c1-14(2)21(15(3)4)27-20(29)13-28(32(30,31)17-8-6-5-7-9-17)16-10-11-19(23)18(12-16)22(24,25)26/h5-12,14-15,21H,13H2,1-4H3,(H,27,29). The monoisotopic (exact) mass is 490 g/mol. The third-order valence-electron chi connectivity index (χ3n) is 4.93. The summed E-state index contributed by atoms with van der Waals surface area (Å²) in [6.07, 6.45) is -4.79. The number of carbonyl (C=O) groups is 1. The van der Waals surface area contributed by atoms with Crippen molar-refractivity contribution >= 4 is 33.2 Å². The maximum atomic E-state index is 13.4. The number of halogens is 4. The fourth-order valence-corrected chi connectivity index (χ4v) is 5.04. The second-order valence-corrected chi connectivity index (χ2v) is 10.3. The van der Waals surface area contributed by atoms with Crippen molar-refractivity contribution < 1.29 is 26.4 Å². The van der Waals surface area contributed by atoms with Crippen LogP contribution in [0.5, 0.6) is 0 Å². The van der Waals surface area contributed by atoms with Crippen LogP contribution in [-0.2, 0) is 21.0 Å². The Balaban J connectivity index is 2.53. The number of benzene rings is 2. The van der Waals surface area contributed by atoms with Crippen molar-refractivity contribution in [2.24, 2.45) is 11.8 Å². The average molecular weight is 491 g/mol. The topological polar surface area (TPSA) is 66.5 Å². The van der Waals surface area contributed by atoms with Crippen LogP contribution in [0.2, 0.25) is 5.02 Å². The molecule has 176 valence electrons. The minimum atomic E-state index is -4.79. The third kappa shape index (κ3) is 6.16. The van der Waals surface area contributed by atoms with Gasteiger partial charge in [0, 0.05) is 6.04 Å². The zero-order chi connectivity index (χ0) is 24.3. The molecule has 5 nitrogen and oxygen atoms in total. The lowest BCUT2D eigenvalue weighted by atomic mass is 9.93. The first kappa shape index (κ1) is 26.0. The van der Waals surface area contributed by atoms with E-state index in [1.54, 1.807) is 6.07 Å². The molecule has 0 aromatic heterocycles. The fourth-order valence-electron chi connectivity index (χ4n) is 3.39. The molecule has 2 aromatic rings. The molecule has 32 heavy (non-hydrogen) atoms. The summed E-state index contributed by atoms with van der Waals surface area (Å²) < 4.78 is 67.4. The first-order valence-electron chi connectivity index (χ1n) is 9.99. The van der Waals surface area contributed by atoms with E-state index in [0.29, 0.717) is 10.4 Å². The minimum absolute atomic E-state index is 0.0745. The number of nitrogens with one attached hydrogen (secondary N) is 1. The van der Waals surface area contributed by atoms with E-state index in [1.165, 1.54) is 24.3 Å². The lowest BCUT2D eigenvalue weighted by Crippen LogP contribution is -2.47. The van der Waals surface area contributed by atoms with Crippen LogP contribution < -0.4 is 9.62 Å². The van der Waals surface area contributed by atoms with Crippen molar-refractivity contribution in [1.29, 1.82) is 0 Å². The molecule has 0 aliphatic carbocycles. The van der Waals surface area contributed by atoms with Gasteiger partial charge in [0.1, 0.15) is 6.54 Å². The van der Waals surface area contributed by atoms with Gasteiger partial charge in [-0.05, 0) is 42.2 Å². The van der Waals surface area contributed by atoms with Gasteiger partial charge in [0.2, 0.25) is 5.91 Å². The normalized spacial score (nSPS) is 12.5. The maximum Gasteiger partial charge on any atom is 0.417 e. The van der Waals surface area contributed by atoms with E-state index < -0.39 is 39.2 Å². The molecule has 1 amide bonds. The van der Waals surface area contributed by atoms with Crippen molar-refractivity contribution in [2.45, 2.75) is 44.8 Å². The molecule has 0 atom stereocenters. The molecule has 2 aromatic carbocycles. The van der Waals surface area contributed by atoms with Crippen LogP contribution in [-0.4, -0.2) is 26.9 Å². The summed E-state index contributed by atoms with van der Waals surface area (Å²) in [7, 11) is -4.34. The first-order chi connectivity index (χ1) is 14.7. The highest BCUT2D eigenvalue weighted by Gasteiger charge is 2.36. The molecule has 0 saturated heterocycles. The number of nitrogens with zero attached hydrogens (tertiary/aromatic N) is 1. The molecule has 0 fully saturated rings. The number of rotatable bonds is 8. The van der Waals surface area contributed by atoms with Gasteiger partial charge in [-0.2, -0.15) is 13.2 Å². The highest BCUT2D eigenvalue weighted by Crippen LogP contribution is 2.38. The van der Waals surface area contributed by atoms with Crippen LogP contribution >= 0.6 is 11.6 Å². The summed E-state index contributed by atoms with van der Waals surface area (Å²) in [5.41, 5.74) is -1.50. The predicted molar refractivity (Wildman–Crippen MR) is 119 cm³/mol. The van der Waals surface area contributed by atoms with Crippen molar-refractivity contribution in [2.75, 3.05) is 10.8 Å². The Morgan fingerprint density at radius 2 is 1.59 bits per heavy atom. The van der Waals surface area contributed by atoms with Crippen molar-refractivity contribution in [3.63, 3.8) is 0 Å². The Morgan fingerprint density at radius 1 is 1.03 bits per heavy atom. The number of sulfonamides is 1. The SMILES string of the molecule is CC(C)C(NC(=O)CN(c1ccc(Cl)c(C(F)(F)F)c1)S(=O)(=O)c1ccccc1)C(C)C. The molecule has 0 unspecified atom stereocenters. The van der Waals surface area contributed by atoms with Gasteiger partial charge >= 0.3 is 6.18 Å². The Morgan fingerprint density at radius 3 is 2.09 bits per heavy atom. The smallest absolute Gasteiger partial charge is 0.351 e. The van der Waals surface area contributed by atoms with Gasteiger partial charge in [0.15, 0.2) is 0 Å². The summed E-state index contributed by atoms with van der Waals surface area (Å²) in [6, 6.07) is 9.72. The number of alkyl halides is 3. The molecule has 0 bridgehead atoms. The number of anilines is 1. The Hall–Kier alpha value is -2.26. The molecule has 1 N–H and O–H groups in total. The highest BCUT2D eigenvalue weighted by molar-refractivity contribution is 7.92. The minimum Gasteiger partial charge on any atom is -0.351 e. The summed E-state index contributed by atoms with van der Waals surface area (Å²) in [5.74, 6) is -0.476. The Labute approximate surface area is 191 Å². The zero-order valence-electron chi connectivity index (χ0n) is 18.2. The number of hydrogen-bond donors (Lipinski definition) is 1. The average Bonchev–Trinajstić information content (AvgIpc) is 2.70. The Kier molecular flexibility index (Phi) is 8.22. The van der Waals surface area contributed by atoms with Crippen LogP contribution in [0.3, 0.4) is 0 Å². The van der Waals surface area contributed by atoms with E-state index in [2.05, 4.69) is 5.32 Å². The number of carbonyl (C=O) groups excluding carboxylic acids is 1. The van der Waals surface area contributed by atoms with Crippen molar-refractivity contribution in [3.8, 4) is 0 Å². The number of amides is 1. The van der Waals surface area contributed by atoms with Gasteiger partial charge in [0.25, 0.3) is 10.0 Å².